The van der Waals surface area contributed by atoms with Crippen LogP contribution in [0.4, 0.5) is 21.0 Å². The van der Waals surface area contributed by atoms with Crippen molar-refractivity contribution < 1.29 is 9.59 Å². The van der Waals surface area contributed by atoms with E-state index in [9.17, 15) is 9.59 Å². The molecule has 1 aliphatic carbocycles. The highest BCUT2D eigenvalue weighted by molar-refractivity contribution is 7.10. The van der Waals surface area contributed by atoms with Gasteiger partial charge in [0.25, 0.3) is 0 Å². The zero-order chi connectivity index (χ0) is 24.6. The Morgan fingerprint density at radius 3 is 1.94 bits per heavy atom. The van der Waals surface area contributed by atoms with Crippen LogP contribution in [0.25, 0.3) is 0 Å². The number of aryl methyl sites for hydroxylation is 1. The highest BCUT2D eigenvalue weighted by Crippen LogP contribution is 2.37. The number of piperazine rings is 1. The lowest BCUT2D eigenvalue weighted by atomic mass is 10.2. The fourth-order valence-corrected chi connectivity index (χ4v) is 6.40. The zero-order valence-corrected chi connectivity index (χ0v) is 21.4. The number of amides is 4. The first kappa shape index (κ1) is 23.1. The van der Waals surface area contributed by atoms with Crippen molar-refractivity contribution in [1.29, 1.82) is 0 Å². The Balaban J connectivity index is 1.21. The van der Waals surface area contributed by atoms with E-state index in [-0.39, 0.29) is 24.1 Å². The predicted octanol–water partition coefficient (Wildman–Crippen LogP) is 6.25. The monoisotopic (exact) mass is 500 g/mol. The minimum atomic E-state index is -0.0239. The van der Waals surface area contributed by atoms with Gasteiger partial charge in [0.15, 0.2) is 0 Å². The molecule has 36 heavy (non-hydrogen) atoms. The summed E-state index contributed by atoms with van der Waals surface area (Å²) in [7, 11) is 0. The molecule has 2 bridgehead atoms. The quantitative estimate of drug-likeness (QED) is 0.416. The van der Waals surface area contributed by atoms with E-state index in [2.05, 4.69) is 28.2 Å². The number of rotatable bonds is 5. The number of nitrogens with zero attached hydrogens (tertiary/aromatic N) is 4. The summed E-state index contributed by atoms with van der Waals surface area (Å²) in [5.74, 6) is 0. The summed E-state index contributed by atoms with van der Waals surface area (Å²) in [6.45, 7) is 3.95. The van der Waals surface area contributed by atoms with E-state index in [1.807, 2.05) is 65.6 Å². The molecule has 2 atom stereocenters. The third kappa shape index (κ3) is 4.48. The first-order valence-electron chi connectivity index (χ1n) is 12.9. The molecule has 2 saturated heterocycles. The van der Waals surface area contributed by atoms with Crippen LogP contribution in [0.2, 0.25) is 0 Å². The van der Waals surface area contributed by atoms with E-state index in [0.29, 0.717) is 25.7 Å². The van der Waals surface area contributed by atoms with Gasteiger partial charge in [0.2, 0.25) is 0 Å². The highest BCUT2D eigenvalue weighted by Gasteiger charge is 2.47. The second kappa shape index (κ2) is 9.62. The Labute approximate surface area is 216 Å². The molecule has 3 heterocycles. The molecule has 3 aromatic rings. The second-order valence-electron chi connectivity index (χ2n) is 10.2. The van der Waals surface area contributed by atoms with Crippen LogP contribution in [-0.2, 0) is 6.54 Å². The summed E-state index contributed by atoms with van der Waals surface area (Å²) in [6, 6.07) is 22.5. The number of benzene rings is 2. The van der Waals surface area contributed by atoms with Crippen LogP contribution in [0.1, 0.15) is 36.1 Å². The molecule has 6 rings (SSSR count). The van der Waals surface area contributed by atoms with Crippen molar-refractivity contribution >= 4 is 34.8 Å². The molecule has 3 aliphatic rings. The van der Waals surface area contributed by atoms with Gasteiger partial charge >= 0.3 is 12.1 Å². The molecule has 0 radical (unpaired) electrons. The van der Waals surface area contributed by atoms with Gasteiger partial charge in [-0.3, -0.25) is 4.90 Å². The Morgan fingerprint density at radius 2 is 1.44 bits per heavy atom. The normalized spacial score (nSPS) is 20.9. The minimum Gasteiger partial charge on any atom is -0.320 e. The Bertz CT molecular complexity index is 1170. The minimum absolute atomic E-state index is 0.0239. The number of urea groups is 2. The number of anilines is 2. The van der Waals surface area contributed by atoms with E-state index in [1.54, 1.807) is 16.2 Å². The fraction of sp³-hybridized carbons (Fsp3) is 0.379. The Kier molecular flexibility index (Phi) is 6.17. The first-order valence-corrected chi connectivity index (χ1v) is 13.8. The largest absolute Gasteiger partial charge is 0.329 e. The van der Waals surface area contributed by atoms with Gasteiger partial charge in [0, 0.05) is 30.6 Å². The Hall–Kier alpha value is -3.32. The van der Waals surface area contributed by atoms with Crippen molar-refractivity contribution in [3.63, 3.8) is 0 Å². The number of hydrogen-bond donors (Lipinski definition) is 0. The highest BCUT2D eigenvalue weighted by atomic mass is 32.1. The molecule has 1 aromatic heterocycles. The Morgan fingerprint density at radius 1 is 0.861 bits per heavy atom. The van der Waals surface area contributed by atoms with Crippen molar-refractivity contribution in [2.45, 2.75) is 57.3 Å². The topological polar surface area (TPSA) is 47.1 Å². The first-order chi connectivity index (χ1) is 17.6. The second-order valence-corrected chi connectivity index (χ2v) is 11.3. The van der Waals surface area contributed by atoms with Crippen LogP contribution >= 0.6 is 11.3 Å². The van der Waals surface area contributed by atoms with Crippen molar-refractivity contribution in [2.75, 3.05) is 18.0 Å². The molecular formula is C29H32N4O2S. The van der Waals surface area contributed by atoms with E-state index >= 15 is 0 Å². The van der Waals surface area contributed by atoms with Crippen molar-refractivity contribution in [2.24, 2.45) is 0 Å². The summed E-state index contributed by atoms with van der Waals surface area (Å²) in [5, 5.41) is 2.17. The smallest absolute Gasteiger partial charge is 0.320 e. The molecule has 7 heteroatoms. The van der Waals surface area contributed by atoms with Gasteiger partial charge in [-0.2, -0.15) is 0 Å². The average molecular weight is 501 g/mol. The molecule has 186 valence electrons. The van der Waals surface area contributed by atoms with Gasteiger partial charge in [0.1, 0.15) is 0 Å². The zero-order valence-electron chi connectivity index (χ0n) is 20.6. The number of fused-ring (bicyclic) bond motifs is 2. The number of thiophene rings is 1. The van der Waals surface area contributed by atoms with Gasteiger partial charge in [-0.15, -0.1) is 11.3 Å². The van der Waals surface area contributed by atoms with Crippen LogP contribution in [-0.4, -0.2) is 58.0 Å². The van der Waals surface area contributed by atoms with Crippen LogP contribution in [0.5, 0.6) is 0 Å². The third-order valence-electron chi connectivity index (χ3n) is 7.56. The third-order valence-corrected chi connectivity index (χ3v) is 8.47. The molecule has 2 aliphatic heterocycles. The van der Waals surface area contributed by atoms with E-state index in [0.717, 1.165) is 37.1 Å². The number of carbonyl (C=O) groups is 2. The fourth-order valence-electron chi connectivity index (χ4n) is 5.70. The van der Waals surface area contributed by atoms with Crippen molar-refractivity contribution in [3.05, 3.63) is 82.6 Å². The van der Waals surface area contributed by atoms with Crippen LogP contribution in [0.15, 0.2) is 72.1 Å². The summed E-state index contributed by atoms with van der Waals surface area (Å²) in [4.78, 5) is 37.0. The average Bonchev–Trinajstić information content (AvgIpc) is 3.61. The molecule has 2 aromatic carbocycles. The number of para-hydroxylation sites is 2. The lowest BCUT2D eigenvalue weighted by Crippen LogP contribution is -2.61. The number of hydrogen-bond acceptors (Lipinski definition) is 3. The predicted molar refractivity (Wildman–Crippen MR) is 144 cm³/mol. The molecule has 3 fully saturated rings. The van der Waals surface area contributed by atoms with Crippen LogP contribution in [0.3, 0.4) is 0 Å². The van der Waals surface area contributed by atoms with E-state index < -0.39 is 0 Å². The molecule has 1 saturated carbocycles. The molecule has 0 spiro atoms. The standard InChI is InChI=1S/C29H32N4O2S/c1-21-16-22(20-36-21)17-31(23-12-13-23)29(35)33-26-14-15-27(33)19-30(18-26)28(34)32(24-8-4-2-5-9-24)25-10-6-3-7-11-25/h2-11,16,20,23,26-27H,12-15,17-19H2,1H3. The molecule has 0 N–H and O–H groups in total. The lowest BCUT2D eigenvalue weighted by molar-refractivity contribution is 0.0790. The number of likely N-dealkylation sites (tertiary alicyclic amines) is 1. The van der Waals surface area contributed by atoms with E-state index in [4.69, 9.17) is 0 Å². The molecule has 6 nitrogen and oxygen atoms in total. The maximum Gasteiger partial charge on any atom is 0.329 e. The maximum atomic E-state index is 13.9. The number of carbonyl (C=O) groups excluding carboxylic acids is 2. The molecule has 4 amide bonds. The maximum absolute atomic E-state index is 13.9. The van der Waals surface area contributed by atoms with Gasteiger partial charge in [0.05, 0.1) is 23.5 Å². The summed E-state index contributed by atoms with van der Waals surface area (Å²) >= 11 is 1.74. The van der Waals surface area contributed by atoms with Crippen LogP contribution < -0.4 is 4.90 Å². The van der Waals surface area contributed by atoms with E-state index in [1.165, 1.54) is 10.4 Å². The van der Waals surface area contributed by atoms with Gasteiger partial charge in [-0.05, 0) is 73.9 Å². The summed E-state index contributed by atoms with van der Waals surface area (Å²) < 4.78 is 0. The van der Waals surface area contributed by atoms with Gasteiger partial charge < -0.3 is 14.7 Å². The summed E-state index contributed by atoms with van der Waals surface area (Å²) in [6.07, 6.45) is 4.08. The van der Waals surface area contributed by atoms with Gasteiger partial charge in [-0.25, -0.2) is 9.59 Å². The van der Waals surface area contributed by atoms with Crippen molar-refractivity contribution in [3.8, 4) is 0 Å². The van der Waals surface area contributed by atoms with Crippen LogP contribution in [0, 0.1) is 6.92 Å². The summed E-state index contributed by atoms with van der Waals surface area (Å²) in [5.41, 5.74) is 2.93. The van der Waals surface area contributed by atoms with Crippen molar-refractivity contribution in [1.82, 2.24) is 14.7 Å². The van der Waals surface area contributed by atoms with Gasteiger partial charge in [-0.1, -0.05) is 36.4 Å². The lowest BCUT2D eigenvalue weighted by Gasteiger charge is -2.44. The molecule has 2 unspecified atom stereocenters. The molecular weight excluding hydrogens is 468 g/mol. The SMILES string of the molecule is Cc1cc(CN(C(=O)N2C3CCC2CN(C(=O)N(c2ccccc2)c2ccccc2)C3)C2CC2)cs1.